The number of para-hydroxylation sites is 2. The number of hydrogen-bond acceptors (Lipinski definition) is 3. The van der Waals surface area contributed by atoms with Crippen molar-refractivity contribution in [1.82, 2.24) is 14.8 Å². The number of benzene rings is 2. The minimum Gasteiger partial charge on any atom is -0.305 e. The molecule has 0 spiro atoms. The monoisotopic (exact) mass is 304 g/mol. The van der Waals surface area contributed by atoms with Gasteiger partial charge in [-0.15, -0.1) is 10.2 Å². The molecule has 0 bridgehead atoms. The van der Waals surface area contributed by atoms with Gasteiger partial charge >= 0.3 is 0 Å². The third kappa shape index (κ3) is 2.21. The van der Waals surface area contributed by atoms with Crippen LogP contribution >= 0.6 is 0 Å². The van der Waals surface area contributed by atoms with E-state index in [1.807, 2.05) is 71.0 Å². The quantitative estimate of drug-likeness (QED) is 0.731. The molecule has 1 aliphatic heterocycles. The fourth-order valence-electron chi connectivity index (χ4n) is 3.01. The lowest BCUT2D eigenvalue weighted by atomic mass is 10.1. The standard InChI is InChI=1S/C18H16N4O/c1-13-17-20-19-12-22(17)16-10-6-5-9-15(16)21(18(13)23)11-14-7-3-2-4-8-14/h2-10,12-13H,11H2,1H3. The van der Waals surface area contributed by atoms with E-state index < -0.39 is 0 Å². The first kappa shape index (κ1) is 13.7. The van der Waals surface area contributed by atoms with Gasteiger partial charge in [-0.3, -0.25) is 9.36 Å². The molecule has 114 valence electrons. The number of nitrogens with zero attached hydrogens (tertiary/aromatic N) is 4. The fraction of sp³-hybridized carbons (Fsp3) is 0.167. The van der Waals surface area contributed by atoms with E-state index in [2.05, 4.69) is 10.2 Å². The summed E-state index contributed by atoms with van der Waals surface area (Å²) in [5, 5.41) is 8.13. The van der Waals surface area contributed by atoms with E-state index in [1.54, 1.807) is 6.33 Å². The van der Waals surface area contributed by atoms with Gasteiger partial charge in [-0.25, -0.2) is 0 Å². The number of anilines is 1. The lowest BCUT2D eigenvalue weighted by Crippen LogP contribution is -2.33. The van der Waals surface area contributed by atoms with Crippen molar-refractivity contribution >= 4 is 11.6 Å². The van der Waals surface area contributed by atoms with Crippen molar-refractivity contribution in [2.24, 2.45) is 0 Å². The molecule has 0 aliphatic carbocycles. The Kier molecular flexibility index (Phi) is 3.19. The summed E-state index contributed by atoms with van der Waals surface area (Å²) in [6.45, 7) is 2.42. The summed E-state index contributed by atoms with van der Waals surface area (Å²) < 4.78 is 1.91. The third-order valence-corrected chi connectivity index (χ3v) is 4.21. The minimum atomic E-state index is -0.339. The Morgan fingerprint density at radius 1 is 1.00 bits per heavy atom. The number of rotatable bonds is 2. The summed E-state index contributed by atoms with van der Waals surface area (Å²) in [6.07, 6.45) is 1.67. The van der Waals surface area contributed by atoms with Gasteiger partial charge in [0.25, 0.3) is 0 Å². The van der Waals surface area contributed by atoms with Crippen molar-refractivity contribution in [3.63, 3.8) is 0 Å². The number of amides is 1. The van der Waals surface area contributed by atoms with Crippen LogP contribution in [0.4, 0.5) is 5.69 Å². The second-order valence-electron chi connectivity index (χ2n) is 5.68. The van der Waals surface area contributed by atoms with Gasteiger partial charge in [0.15, 0.2) is 0 Å². The third-order valence-electron chi connectivity index (χ3n) is 4.21. The maximum absolute atomic E-state index is 13.0. The molecular weight excluding hydrogens is 288 g/mol. The molecule has 5 heteroatoms. The summed E-state index contributed by atoms with van der Waals surface area (Å²) in [5.41, 5.74) is 2.91. The molecule has 0 N–H and O–H groups in total. The number of fused-ring (bicyclic) bond motifs is 3. The van der Waals surface area contributed by atoms with Gasteiger partial charge in [-0.1, -0.05) is 42.5 Å². The maximum atomic E-state index is 13.0. The highest BCUT2D eigenvalue weighted by Gasteiger charge is 2.32. The van der Waals surface area contributed by atoms with E-state index in [-0.39, 0.29) is 11.8 Å². The number of carbonyl (C=O) groups is 1. The predicted octanol–water partition coefficient (Wildman–Crippen LogP) is 2.92. The molecular formula is C18H16N4O. The fourth-order valence-corrected chi connectivity index (χ4v) is 3.01. The van der Waals surface area contributed by atoms with E-state index >= 15 is 0 Å². The Hall–Kier alpha value is -2.95. The number of hydrogen-bond donors (Lipinski definition) is 0. The van der Waals surface area contributed by atoms with Crippen LogP contribution in [-0.2, 0) is 11.3 Å². The van der Waals surface area contributed by atoms with Crippen molar-refractivity contribution < 1.29 is 4.79 Å². The van der Waals surface area contributed by atoms with Gasteiger partial charge in [0, 0.05) is 0 Å². The number of carbonyl (C=O) groups excluding carboxylic acids is 1. The van der Waals surface area contributed by atoms with Crippen molar-refractivity contribution in [3.05, 3.63) is 72.3 Å². The van der Waals surface area contributed by atoms with Gasteiger partial charge in [-0.05, 0) is 24.6 Å². The predicted molar refractivity (Wildman–Crippen MR) is 87.4 cm³/mol. The zero-order chi connectivity index (χ0) is 15.8. The van der Waals surface area contributed by atoms with Crippen molar-refractivity contribution in [2.75, 3.05) is 4.90 Å². The second kappa shape index (κ2) is 5.35. The van der Waals surface area contributed by atoms with E-state index in [0.717, 1.165) is 16.9 Å². The molecule has 1 aliphatic rings. The average molecular weight is 304 g/mol. The van der Waals surface area contributed by atoms with E-state index in [4.69, 9.17) is 0 Å². The summed E-state index contributed by atoms with van der Waals surface area (Å²) in [6, 6.07) is 17.9. The molecule has 0 saturated heterocycles. The van der Waals surface area contributed by atoms with Crippen molar-refractivity contribution in [2.45, 2.75) is 19.4 Å². The van der Waals surface area contributed by atoms with Gasteiger partial charge in [-0.2, -0.15) is 0 Å². The van der Waals surface area contributed by atoms with E-state index in [1.165, 1.54) is 0 Å². The smallest absolute Gasteiger partial charge is 0.237 e. The van der Waals surface area contributed by atoms with Crippen LogP contribution in [0.5, 0.6) is 0 Å². The summed E-state index contributed by atoms with van der Waals surface area (Å²) >= 11 is 0. The molecule has 1 amide bonds. The molecule has 1 aromatic heterocycles. The lowest BCUT2D eigenvalue weighted by molar-refractivity contribution is -0.119. The zero-order valence-corrected chi connectivity index (χ0v) is 12.8. The average Bonchev–Trinajstić information content (AvgIpc) is 3.06. The Balaban J connectivity index is 1.86. The van der Waals surface area contributed by atoms with Crippen molar-refractivity contribution in [3.8, 4) is 5.69 Å². The van der Waals surface area contributed by atoms with E-state index in [9.17, 15) is 4.79 Å². The van der Waals surface area contributed by atoms with Crippen LogP contribution in [0.15, 0.2) is 60.9 Å². The molecule has 3 aromatic rings. The summed E-state index contributed by atoms with van der Waals surface area (Å²) in [7, 11) is 0. The summed E-state index contributed by atoms with van der Waals surface area (Å²) in [4.78, 5) is 14.9. The number of aromatic nitrogens is 3. The van der Waals surface area contributed by atoms with Gasteiger partial charge in [0.05, 0.1) is 23.8 Å². The second-order valence-corrected chi connectivity index (χ2v) is 5.68. The van der Waals surface area contributed by atoms with Gasteiger partial charge < -0.3 is 4.90 Å². The van der Waals surface area contributed by atoms with Gasteiger partial charge in [0.2, 0.25) is 5.91 Å². The molecule has 1 atom stereocenters. The topological polar surface area (TPSA) is 51.0 Å². The lowest BCUT2D eigenvalue weighted by Gasteiger charge is -2.24. The molecule has 23 heavy (non-hydrogen) atoms. The van der Waals surface area contributed by atoms with Crippen LogP contribution in [0.1, 0.15) is 24.2 Å². The van der Waals surface area contributed by atoms with E-state index in [0.29, 0.717) is 12.4 Å². The molecule has 0 radical (unpaired) electrons. The Morgan fingerprint density at radius 2 is 1.70 bits per heavy atom. The first-order valence-electron chi connectivity index (χ1n) is 7.60. The highest BCUT2D eigenvalue weighted by molar-refractivity contribution is 6.00. The summed E-state index contributed by atoms with van der Waals surface area (Å²) in [5.74, 6) is 0.375. The molecule has 2 heterocycles. The Labute approximate surface area is 134 Å². The normalized spacial score (nSPS) is 16.7. The highest BCUT2D eigenvalue weighted by Crippen LogP contribution is 2.34. The largest absolute Gasteiger partial charge is 0.305 e. The molecule has 4 rings (SSSR count). The first-order chi connectivity index (χ1) is 11.3. The van der Waals surface area contributed by atoms with Crippen molar-refractivity contribution in [1.29, 1.82) is 0 Å². The molecule has 2 aromatic carbocycles. The zero-order valence-electron chi connectivity index (χ0n) is 12.8. The van der Waals surface area contributed by atoms with Crippen LogP contribution in [-0.4, -0.2) is 20.7 Å². The maximum Gasteiger partial charge on any atom is 0.237 e. The first-order valence-corrected chi connectivity index (χ1v) is 7.60. The van der Waals surface area contributed by atoms with Crippen LogP contribution in [0.3, 0.4) is 0 Å². The SMILES string of the molecule is CC1C(=O)N(Cc2ccccc2)c2ccccc2-n2cnnc21. The van der Waals surface area contributed by atoms with Crippen LogP contribution in [0.2, 0.25) is 0 Å². The molecule has 1 unspecified atom stereocenters. The molecule has 0 fully saturated rings. The molecule has 0 saturated carbocycles. The van der Waals surface area contributed by atoms with Gasteiger partial charge in [0.1, 0.15) is 12.2 Å². The highest BCUT2D eigenvalue weighted by atomic mass is 16.2. The Morgan fingerprint density at radius 3 is 2.48 bits per heavy atom. The van der Waals surface area contributed by atoms with Crippen LogP contribution in [0.25, 0.3) is 5.69 Å². The molecule has 5 nitrogen and oxygen atoms in total. The van der Waals surface area contributed by atoms with Crippen LogP contribution in [0, 0.1) is 0 Å². The minimum absolute atomic E-state index is 0.0352. The van der Waals surface area contributed by atoms with Crippen LogP contribution < -0.4 is 4.90 Å². The Bertz CT molecular complexity index is 856.